The number of halogens is 1. The van der Waals surface area contributed by atoms with Gasteiger partial charge in [-0.25, -0.2) is 19.0 Å². The van der Waals surface area contributed by atoms with E-state index in [4.69, 9.17) is 24.9 Å². The van der Waals surface area contributed by atoms with Gasteiger partial charge in [-0.05, 0) is 75.4 Å². The molecule has 1 aromatic carbocycles. The van der Waals surface area contributed by atoms with Crippen LogP contribution in [0.3, 0.4) is 0 Å². The first-order valence-corrected chi connectivity index (χ1v) is 13.1. The maximum Gasteiger partial charge on any atom is 0.159 e. The maximum absolute atomic E-state index is 13.6. The number of piperidine rings is 1. The summed E-state index contributed by atoms with van der Waals surface area (Å²) in [5, 5.41) is 14.8. The third-order valence-corrected chi connectivity index (χ3v) is 7.58. The summed E-state index contributed by atoms with van der Waals surface area (Å²) in [5.74, 6) is 2.83. The van der Waals surface area contributed by atoms with Crippen molar-refractivity contribution >= 4 is 16.7 Å². The van der Waals surface area contributed by atoms with Crippen molar-refractivity contribution in [2.45, 2.75) is 58.2 Å². The molecule has 1 N–H and O–H groups in total. The number of hydrogen-bond donors (Lipinski definition) is 1. The molecule has 2 fully saturated rings. The molecule has 2 aliphatic rings. The molecule has 0 saturated carbocycles. The number of fused-ring (bicyclic) bond motifs is 1. The molecule has 2 aromatic heterocycles. The molecule has 5 rings (SSSR count). The van der Waals surface area contributed by atoms with Crippen molar-refractivity contribution < 1.29 is 14.2 Å². The van der Waals surface area contributed by atoms with E-state index in [9.17, 15) is 4.39 Å². The topological polar surface area (TPSA) is 79.5 Å². The molecule has 2 atom stereocenters. The van der Waals surface area contributed by atoms with Crippen LogP contribution < -0.4 is 4.90 Å². The summed E-state index contributed by atoms with van der Waals surface area (Å²) in [6.45, 7) is 10.2. The van der Waals surface area contributed by atoms with Crippen LogP contribution in [-0.2, 0) is 4.74 Å². The minimum Gasteiger partial charge on any atom is -0.393 e. The summed E-state index contributed by atoms with van der Waals surface area (Å²) in [5.41, 5.74) is 3.63. The molecule has 2 aliphatic heterocycles. The molecule has 9 heteroatoms. The fourth-order valence-corrected chi connectivity index (χ4v) is 5.57. The summed E-state index contributed by atoms with van der Waals surface area (Å²) in [6, 6.07) is 6.51. The van der Waals surface area contributed by atoms with E-state index >= 15 is 0 Å². The number of morpholine rings is 1. The van der Waals surface area contributed by atoms with Crippen molar-refractivity contribution in [2.24, 2.45) is 0 Å². The first kappa shape index (κ1) is 25.0. The lowest BCUT2D eigenvalue weighted by atomic mass is 9.86. The first-order chi connectivity index (χ1) is 17.4. The molecule has 0 spiro atoms. The van der Waals surface area contributed by atoms with Crippen molar-refractivity contribution in [3.05, 3.63) is 41.3 Å². The highest BCUT2D eigenvalue weighted by atomic mass is 19.1. The molecule has 8 nitrogen and oxygen atoms in total. The van der Waals surface area contributed by atoms with Gasteiger partial charge in [-0.1, -0.05) is 6.92 Å². The Balaban J connectivity index is 1.42. The normalized spacial score (nSPS) is 20.8. The van der Waals surface area contributed by atoms with Gasteiger partial charge < -0.3 is 19.6 Å². The highest BCUT2D eigenvalue weighted by Gasteiger charge is 2.25. The third-order valence-electron chi connectivity index (χ3n) is 7.58. The first-order valence-electron chi connectivity index (χ1n) is 13.1. The van der Waals surface area contributed by atoms with Crippen LogP contribution in [0.5, 0.6) is 0 Å². The summed E-state index contributed by atoms with van der Waals surface area (Å²) in [4.78, 5) is 13.9. The lowest BCUT2D eigenvalue weighted by molar-refractivity contribution is 0.0381. The van der Waals surface area contributed by atoms with Crippen molar-refractivity contribution in [1.29, 1.82) is 0 Å². The van der Waals surface area contributed by atoms with Gasteiger partial charge in [0.15, 0.2) is 5.82 Å². The van der Waals surface area contributed by atoms with Crippen molar-refractivity contribution in [3.63, 3.8) is 0 Å². The van der Waals surface area contributed by atoms with Gasteiger partial charge in [-0.2, -0.15) is 5.10 Å². The van der Waals surface area contributed by atoms with Gasteiger partial charge in [-0.3, -0.25) is 0 Å². The highest BCUT2D eigenvalue weighted by molar-refractivity contribution is 5.82. The second-order valence-electron chi connectivity index (χ2n) is 10.2. The Morgan fingerprint density at radius 3 is 2.64 bits per heavy atom. The Kier molecular flexibility index (Phi) is 7.50. The van der Waals surface area contributed by atoms with Crippen LogP contribution in [-0.4, -0.2) is 88.0 Å². The summed E-state index contributed by atoms with van der Waals surface area (Å²) in [6.07, 6.45) is 3.90. The summed E-state index contributed by atoms with van der Waals surface area (Å²) < 4.78 is 21.4. The molecule has 0 bridgehead atoms. The van der Waals surface area contributed by atoms with E-state index in [0.29, 0.717) is 19.1 Å². The Hall–Kier alpha value is -2.62. The fourth-order valence-electron chi connectivity index (χ4n) is 5.57. The van der Waals surface area contributed by atoms with Crippen LogP contribution in [0, 0.1) is 13.8 Å². The zero-order chi connectivity index (χ0) is 25.2. The molecule has 36 heavy (non-hydrogen) atoms. The van der Waals surface area contributed by atoms with E-state index in [2.05, 4.69) is 35.8 Å². The Bertz CT molecular complexity index is 1190. The maximum atomic E-state index is 13.6. The number of aliphatic hydroxyl groups is 1. The summed E-state index contributed by atoms with van der Waals surface area (Å²) in [7, 11) is 0. The SMILES string of the molecule is CCC1CN(c2cc(-n3ncc4cc(C)c(C5CCN(CC(F)CO)CC5)cc43)nc(C)n2)CCO1. The van der Waals surface area contributed by atoms with Gasteiger partial charge in [0, 0.05) is 31.1 Å². The number of rotatable bonds is 7. The Morgan fingerprint density at radius 1 is 1.11 bits per heavy atom. The molecule has 4 heterocycles. The highest BCUT2D eigenvalue weighted by Crippen LogP contribution is 2.33. The molecule has 2 unspecified atom stereocenters. The largest absolute Gasteiger partial charge is 0.393 e. The number of alkyl halides is 1. The van der Waals surface area contributed by atoms with Gasteiger partial charge in [0.05, 0.1) is 31.0 Å². The zero-order valence-corrected chi connectivity index (χ0v) is 21.5. The standard InChI is InChI=1S/C27H37FN6O2/c1-4-23-16-33(9-10-36-23)26-13-27(31-19(3)30-26)34-25-12-24(18(2)11-21(25)14-29-34)20-5-7-32(8-6-20)15-22(28)17-35/h11-14,20,22-23,35H,4-10,15-17H2,1-3H3. The van der Waals surface area contributed by atoms with Gasteiger partial charge >= 0.3 is 0 Å². The smallest absolute Gasteiger partial charge is 0.159 e. The van der Waals surface area contributed by atoms with Crippen LogP contribution in [0.15, 0.2) is 24.4 Å². The van der Waals surface area contributed by atoms with Gasteiger partial charge in [0.2, 0.25) is 0 Å². The van der Waals surface area contributed by atoms with Crippen LogP contribution in [0.1, 0.15) is 49.1 Å². The van der Waals surface area contributed by atoms with E-state index in [1.165, 1.54) is 11.1 Å². The predicted molar refractivity (Wildman–Crippen MR) is 139 cm³/mol. The number of benzene rings is 1. The average molecular weight is 497 g/mol. The number of likely N-dealkylation sites (tertiary alicyclic amines) is 1. The molecule has 0 radical (unpaired) electrons. The number of hydrogen-bond acceptors (Lipinski definition) is 7. The quantitative estimate of drug-likeness (QED) is 0.536. The molecule has 2 saturated heterocycles. The minimum atomic E-state index is -1.17. The number of nitrogens with zero attached hydrogens (tertiary/aromatic N) is 6. The van der Waals surface area contributed by atoms with Crippen molar-refractivity contribution in [2.75, 3.05) is 50.8 Å². The van der Waals surface area contributed by atoms with E-state index < -0.39 is 12.8 Å². The number of aromatic nitrogens is 4. The van der Waals surface area contributed by atoms with Gasteiger partial charge in [0.25, 0.3) is 0 Å². The second kappa shape index (κ2) is 10.8. The number of aryl methyl sites for hydroxylation is 2. The number of ether oxygens (including phenoxy) is 1. The van der Waals surface area contributed by atoms with Crippen LogP contribution in [0.2, 0.25) is 0 Å². The molecule has 0 aliphatic carbocycles. The Morgan fingerprint density at radius 2 is 1.89 bits per heavy atom. The van der Waals surface area contributed by atoms with Crippen LogP contribution in [0.25, 0.3) is 16.7 Å². The molecular weight excluding hydrogens is 459 g/mol. The minimum absolute atomic E-state index is 0.222. The number of anilines is 1. The molecule has 194 valence electrons. The average Bonchev–Trinajstić information content (AvgIpc) is 3.31. The van der Waals surface area contributed by atoms with E-state index in [1.54, 1.807) is 0 Å². The van der Waals surface area contributed by atoms with E-state index in [1.807, 2.05) is 23.9 Å². The third kappa shape index (κ3) is 5.23. The van der Waals surface area contributed by atoms with Crippen molar-refractivity contribution in [3.8, 4) is 5.82 Å². The van der Waals surface area contributed by atoms with Gasteiger partial charge in [0.1, 0.15) is 17.8 Å². The number of aliphatic hydroxyl groups excluding tert-OH is 1. The molecule has 0 amide bonds. The zero-order valence-electron chi connectivity index (χ0n) is 21.5. The second-order valence-corrected chi connectivity index (χ2v) is 10.2. The molecule has 3 aromatic rings. The molecular formula is C27H37FN6O2. The van der Waals surface area contributed by atoms with Crippen LogP contribution in [0.4, 0.5) is 10.2 Å². The van der Waals surface area contributed by atoms with E-state index in [-0.39, 0.29) is 6.10 Å². The van der Waals surface area contributed by atoms with Gasteiger partial charge in [-0.15, -0.1) is 0 Å². The predicted octanol–water partition coefficient (Wildman–Crippen LogP) is 3.56. The van der Waals surface area contributed by atoms with Crippen LogP contribution >= 0.6 is 0 Å². The summed E-state index contributed by atoms with van der Waals surface area (Å²) >= 11 is 0. The monoisotopic (exact) mass is 496 g/mol. The Labute approximate surface area is 212 Å². The van der Waals surface area contributed by atoms with Crippen molar-refractivity contribution in [1.82, 2.24) is 24.6 Å². The lowest BCUT2D eigenvalue weighted by Gasteiger charge is -2.33. The lowest BCUT2D eigenvalue weighted by Crippen LogP contribution is -2.42. The van der Waals surface area contributed by atoms with E-state index in [0.717, 1.165) is 73.8 Å². The fraction of sp³-hybridized carbons (Fsp3) is 0.593.